The number of unbranched alkanes of at least 4 members (excludes halogenated alkanes) is 7. The zero-order chi connectivity index (χ0) is 15.1. The van der Waals surface area contributed by atoms with Crippen LogP contribution >= 0.6 is 12.2 Å². The summed E-state index contributed by atoms with van der Waals surface area (Å²) in [6.45, 7) is 5.43. The zero-order valence-electron chi connectivity index (χ0n) is 13.5. The second kappa shape index (κ2) is 8.38. The maximum absolute atomic E-state index is 5.45. The molecule has 0 aliphatic heterocycles. The van der Waals surface area contributed by atoms with Crippen LogP contribution in [0.4, 0.5) is 0 Å². The zero-order valence-corrected chi connectivity index (χ0v) is 14.3. The van der Waals surface area contributed by atoms with Gasteiger partial charge in [-0.15, -0.1) is 0 Å². The van der Waals surface area contributed by atoms with Gasteiger partial charge in [-0.3, -0.25) is 0 Å². The molecule has 2 aromatic rings. The highest BCUT2D eigenvalue weighted by Crippen LogP contribution is 2.17. The van der Waals surface area contributed by atoms with E-state index < -0.39 is 0 Å². The van der Waals surface area contributed by atoms with Crippen molar-refractivity contribution in [2.24, 2.45) is 0 Å². The van der Waals surface area contributed by atoms with Gasteiger partial charge in [0.15, 0.2) is 4.77 Å². The number of imidazole rings is 1. The third kappa shape index (κ3) is 4.70. The van der Waals surface area contributed by atoms with E-state index in [9.17, 15) is 0 Å². The first-order chi connectivity index (χ1) is 10.2. The molecule has 0 saturated heterocycles. The summed E-state index contributed by atoms with van der Waals surface area (Å²) in [4.78, 5) is 3.32. The Labute approximate surface area is 133 Å². The SMILES string of the molecule is CCCCCCCCCCn1c(=S)[nH]c2cc(C)ccc21. The molecule has 21 heavy (non-hydrogen) atoms. The van der Waals surface area contributed by atoms with E-state index in [0.29, 0.717) is 0 Å². The molecule has 1 heterocycles. The summed E-state index contributed by atoms with van der Waals surface area (Å²) < 4.78 is 3.11. The van der Waals surface area contributed by atoms with Crippen LogP contribution in [0.1, 0.15) is 63.9 Å². The van der Waals surface area contributed by atoms with Crippen LogP contribution in [0.15, 0.2) is 18.2 Å². The molecule has 116 valence electrons. The van der Waals surface area contributed by atoms with Gasteiger partial charge in [0.2, 0.25) is 0 Å². The van der Waals surface area contributed by atoms with E-state index in [1.807, 2.05) is 0 Å². The number of aryl methyl sites for hydroxylation is 2. The number of hydrogen-bond acceptors (Lipinski definition) is 1. The number of nitrogens with one attached hydrogen (secondary N) is 1. The van der Waals surface area contributed by atoms with Crippen molar-refractivity contribution in [2.75, 3.05) is 0 Å². The third-order valence-electron chi connectivity index (χ3n) is 4.16. The number of H-pyrrole nitrogens is 1. The second-order valence-corrected chi connectivity index (χ2v) is 6.46. The van der Waals surface area contributed by atoms with Gasteiger partial charge in [0.1, 0.15) is 0 Å². The van der Waals surface area contributed by atoms with E-state index in [0.717, 1.165) is 11.3 Å². The number of aromatic nitrogens is 2. The average molecular weight is 305 g/mol. The maximum Gasteiger partial charge on any atom is 0.178 e. The molecule has 0 radical (unpaired) electrons. The van der Waals surface area contributed by atoms with Crippen molar-refractivity contribution in [3.8, 4) is 0 Å². The lowest BCUT2D eigenvalue weighted by Gasteiger charge is -2.05. The molecule has 0 fully saturated rings. The highest BCUT2D eigenvalue weighted by atomic mass is 32.1. The van der Waals surface area contributed by atoms with Gasteiger partial charge in [0, 0.05) is 6.54 Å². The van der Waals surface area contributed by atoms with Crippen molar-refractivity contribution >= 4 is 23.3 Å². The van der Waals surface area contributed by atoms with Crippen molar-refractivity contribution in [1.29, 1.82) is 0 Å². The van der Waals surface area contributed by atoms with Gasteiger partial charge in [-0.05, 0) is 43.3 Å². The van der Waals surface area contributed by atoms with E-state index in [1.54, 1.807) is 0 Å². The number of fused-ring (bicyclic) bond motifs is 1. The molecule has 3 heteroatoms. The van der Waals surface area contributed by atoms with E-state index in [2.05, 4.69) is 41.6 Å². The molecule has 0 saturated carbocycles. The Morgan fingerprint density at radius 2 is 1.67 bits per heavy atom. The van der Waals surface area contributed by atoms with Gasteiger partial charge < -0.3 is 9.55 Å². The molecular weight excluding hydrogens is 276 g/mol. The lowest BCUT2D eigenvalue weighted by atomic mass is 10.1. The Balaban J connectivity index is 1.79. The summed E-state index contributed by atoms with van der Waals surface area (Å²) in [7, 11) is 0. The van der Waals surface area contributed by atoms with Crippen LogP contribution in [0.3, 0.4) is 0 Å². The fraction of sp³-hybridized carbons (Fsp3) is 0.611. The minimum atomic E-state index is 0.860. The summed E-state index contributed by atoms with van der Waals surface area (Å²) in [6, 6.07) is 6.52. The highest BCUT2D eigenvalue weighted by Gasteiger charge is 2.04. The summed E-state index contributed by atoms with van der Waals surface area (Å²) in [5.74, 6) is 0. The monoisotopic (exact) mass is 304 g/mol. The molecule has 1 aromatic heterocycles. The largest absolute Gasteiger partial charge is 0.331 e. The minimum absolute atomic E-state index is 0.860. The highest BCUT2D eigenvalue weighted by molar-refractivity contribution is 7.71. The summed E-state index contributed by atoms with van der Waals surface area (Å²) >= 11 is 5.45. The standard InChI is InChI=1S/C18H28N2S/c1-3-4-5-6-7-8-9-10-13-20-17-12-11-15(2)14-16(17)19-18(20)21/h11-12,14H,3-10,13H2,1-2H3,(H,19,21). The number of benzene rings is 1. The first-order valence-electron chi connectivity index (χ1n) is 8.41. The van der Waals surface area contributed by atoms with Crippen molar-refractivity contribution in [2.45, 2.75) is 71.8 Å². The first kappa shape index (κ1) is 16.3. The number of hydrogen-bond donors (Lipinski definition) is 1. The third-order valence-corrected chi connectivity index (χ3v) is 4.49. The molecule has 0 aliphatic rings. The fourth-order valence-electron chi connectivity index (χ4n) is 2.90. The second-order valence-electron chi connectivity index (χ2n) is 6.08. The summed E-state index contributed by atoms with van der Waals surface area (Å²) in [5.41, 5.74) is 3.69. The van der Waals surface area contributed by atoms with E-state index in [-0.39, 0.29) is 0 Å². The molecule has 1 N–H and O–H groups in total. The van der Waals surface area contributed by atoms with Crippen LogP contribution in [0.5, 0.6) is 0 Å². The van der Waals surface area contributed by atoms with Crippen LogP contribution < -0.4 is 0 Å². The van der Waals surface area contributed by atoms with Crippen molar-refractivity contribution in [3.63, 3.8) is 0 Å². The van der Waals surface area contributed by atoms with Crippen LogP contribution in [0.25, 0.3) is 11.0 Å². The molecule has 2 rings (SSSR count). The average Bonchev–Trinajstić information content (AvgIpc) is 2.76. The Bertz CT molecular complexity index is 609. The Morgan fingerprint density at radius 3 is 2.38 bits per heavy atom. The molecular formula is C18H28N2S. The van der Waals surface area contributed by atoms with Gasteiger partial charge in [-0.2, -0.15) is 0 Å². The molecule has 0 amide bonds. The molecule has 0 atom stereocenters. The van der Waals surface area contributed by atoms with E-state index in [4.69, 9.17) is 12.2 Å². The Morgan fingerprint density at radius 1 is 1.00 bits per heavy atom. The maximum atomic E-state index is 5.45. The molecule has 1 aromatic carbocycles. The predicted octanol–water partition coefficient (Wildman–Crippen LogP) is 6.15. The lowest BCUT2D eigenvalue weighted by Crippen LogP contribution is -1.98. The molecule has 2 nitrogen and oxygen atoms in total. The summed E-state index contributed by atoms with van der Waals surface area (Å²) in [5, 5.41) is 0. The van der Waals surface area contributed by atoms with Crippen molar-refractivity contribution in [1.82, 2.24) is 9.55 Å². The smallest absolute Gasteiger partial charge is 0.178 e. The van der Waals surface area contributed by atoms with Crippen molar-refractivity contribution in [3.05, 3.63) is 28.5 Å². The molecule has 0 spiro atoms. The van der Waals surface area contributed by atoms with Crippen LogP contribution in [0.2, 0.25) is 0 Å². The number of aromatic amines is 1. The van der Waals surface area contributed by atoms with Crippen LogP contribution in [-0.2, 0) is 6.54 Å². The minimum Gasteiger partial charge on any atom is -0.331 e. The number of nitrogens with zero attached hydrogens (tertiary/aromatic N) is 1. The topological polar surface area (TPSA) is 20.7 Å². The first-order valence-corrected chi connectivity index (χ1v) is 8.82. The van der Waals surface area contributed by atoms with Gasteiger partial charge >= 0.3 is 0 Å². The molecule has 0 unspecified atom stereocenters. The predicted molar refractivity (Wildman–Crippen MR) is 94.5 cm³/mol. The van der Waals surface area contributed by atoms with E-state index >= 15 is 0 Å². The van der Waals surface area contributed by atoms with Crippen LogP contribution in [0, 0.1) is 11.7 Å². The normalized spacial score (nSPS) is 11.3. The Hall–Kier alpha value is -1.09. The van der Waals surface area contributed by atoms with Gasteiger partial charge in [0.05, 0.1) is 11.0 Å². The van der Waals surface area contributed by atoms with Crippen molar-refractivity contribution < 1.29 is 0 Å². The van der Waals surface area contributed by atoms with E-state index in [1.165, 1.54) is 68.0 Å². The van der Waals surface area contributed by atoms with Gasteiger partial charge in [0.25, 0.3) is 0 Å². The van der Waals surface area contributed by atoms with Gasteiger partial charge in [-0.1, -0.05) is 57.9 Å². The lowest BCUT2D eigenvalue weighted by molar-refractivity contribution is 0.546. The fourth-order valence-corrected chi connectivity index (χ4v) is 3.20. The molecule has 0 aliphatic carbocycles. The quantitative estimate of drug-likeness (QED) is 0.435. The van der Waals surface area contributed by atoms with Gasteiger partial charge in [-0.25, -0.2) is 0 Å². The Kier molecular flexibility index (Phi) is 6.50. The molecule has 0 bridgehead atoms. The number of rotatable bonds is 9. The van der Waals surface area contributed by atoms with Crippen LogP contribution in [-0.4, -0.2) is 9.55 Å². The summed E-state index contributed by atoms with van der Waals surface area (Å²) in [6.07, 6.45) is 10.8.